The Hall–Kier alpha value is -7.06. The molecule has 71 heavy (non-hydrogen) atoms. The minimum atomic E-state index is -1.26. The average Bonchev–Trinajstić information content (AvgIpc) is 3.85. The van der Waals surface area contributed by atoms with E-state index in [0.29, 0.717) is 77.3 Å². The van der Waals surface area contributed by atoms with Gasteiger partial charge in [0.05, 0.1) is 19.5 Å². The standard InChI is InChI=1S/C25H30ClN5O5.C24H28ClN5O5/c1-25(2,3)36-24(34)27-16-9-7-11-30(13-16)21-17(12-15-8-5-6-10-18(15)26)20-22(32)28-19(23(33)35-4)14-31(20)29-21;1-24(2,3)35-23(34)26-15-8-6-10-29(12-15)20-16(11-14-7-4-5-9-17(14)25)19-21(31)27-18(22(32)33)13-30(19)28-20/h5-6,8,10,14,16H,7,9,11-13H2,1-4H3,(H,27,34)(H,28,32);4-5,7,9,13,15H,6,8,10-12H2,1-3H3,(H,26,34)(H,27,31)(H,32,33)/t16-;15-/m11/s1. The smallest absolute Gasteiger partial charge is 0.407 e. The predicted octanol–water partition coefficient (Wildman–Crippen LogP) is 7.01. The summed E-state index contributed by atoms with van der Waals surface area (Å²) < 4.78 is 18.3. The van der Waals surface area contributed by atoms with E-state index < -0.39 is 46.4 Å². The van der Waals surface area contributed by atoms with Crippen LogP contribution in [0, 0.1) is 0 Å². The molecule has 4 aromatic heterocycles. The van der Waals surface area contributed by atoms with Gasteiger partial charge in [0.15, 0.2) is 11.6 Å². The number of H-pyrrole nitrogens is 2. The third-order valence-corrected chi connectivity index (χ3v) is 12.3. The zero-order valence-electron chi connectivity index (χ0n) is 40.6. The van der Waals surface area contributed by atoms with E-state index in [1.807, 2.05) is 67.0 Å². The zero-order valence-corrected chi connectivity index (χ0v) is 42.1. The molecule has 0 spiro atoms. The highest BCUT2D eigenvalue weighted by Crippen LogP contribution is 2.32. The molecular weight excluding hydrogens is 960 g/mol. The molecular formula is C49H58Cl2N10O10. The Labute approximate surface area is 418 Å². The van der Waals surface area contributed by atoms with E-state index >= 15 is 0 Å². The maximum Gasteiger partial charge on any atom is 0.407 e. The zero-order chi connectivity index (χ0) is 51.4. The van der Waals surface area contributed by atoms with Gasteiger partial charge < -0.3 is 49.7 Å². The number of hydrogen-bond acceptors (Lipinski definition) is 13. The van der Waals surface area contributed by atoms with Crippen LogP contribution in [0.5, 0.6) is 0 Å². The van der Waals surface area contributed by atoms with E-state index in [2.05, 4.69) is 25.7 Å². The number of benzene rings is 2. The SMILES string of the molecule is CC(C)(C)OC(=O)N[C@@H]1CCCN(c2nn3cc(C(=O)O)[nH]c(=O)c3c2Cc2ccccc2Cl)C1.COC(=O)c1cn2nc(N3CCC[C@@H](NC(=O)OC(C)(C)C)C3)c(Cc3ccccc3Cl)c2c(=O)[nH]1. The Morgan fingerprint density at radius 3 is 1.49 bits per heavy atom. The molecule has 2 saturated heterocycles. The van der Waals surface area contributed by atoms with Crippen molar-refractivity contribution in [1.29, 1.82) is 0 Å². The van der Waals surface area contributed by atoms with Gasteiger partial charge in [-0.3, -0.25) is 9.59 Å². The minimum absolute atomic E-state index is 0.00328. The monoisotopic (exact) mass is 1020 g/mol. The van der Waals surface area contributed by atoms with Crippen molar-refractivity contribution in [2.75, 3.05) is 43.1 Å². The number of methoxy groups -OCH3 is 1. The number of esters is 1. The predicted molar refractivity (Wildman–Crippen MR) is 268 cm³/mol. The number of nitrogens with one attached hydrogen (secondary N) is 4. The molecule has 0 aliphatic carbocycles. The summed E-state index contributed by atoms with van der Waals surface area (Å²) in [5, 5.41) is 25.7. The summed E-state index contributed by atoms with van der Waals surface area (Å²) >= 11 is 12.8. The number of hydrogen-bond donors (Lipinski definition) is 5. The van der Waals surface area contributed by atoms with E-state index in [9.17, 15) is 33.9 Å². The topological polar surface area (TPSA) is 247 Å². The molecule has 2 fully saturated rings. The Kier molecular flexibility index (Phi) is 15.7. The number of ether oxygens (including phenoxy) is 3. The van der Waals surface area contributed by atoms with Crippen molar-refractivity contribution in [2.24, 2.45) is 0 Å². The van der Waals surface area contributed by atoms with Gasteiger partial charge in [-0.05, 0) is 90.5 Å². The lowest BCUT2D eigenvalue weighted by Crippen LogP contribution is -2.49. The summed E-state index contributed by atoms with van der Waals surface area (Å²) in [7, 11) is 1.24. The number of amides is 2. The summed E-state index contributed by atoms with van der Waals surface area (Å²) in [5.41, 5.74) is 1.07. The molecule has 2 aromatic carbocycles. The highest BCUT2D eigenvalue weighted by Gasteiger charge is 2.31. The lowest BCUT2D eigenvalue weighted by atomic mass is 10.0. The van der Waals surface area contributed by atoms with Gasteiger partial charge in [-0.2, -0.15) is 0 Å². The van der Waals surface area contributed by atoms with E-state index in [-0.39, 0.29) is 29.0 Å². The molecule has 2 atom stereocenters. The summed E-state index contributed by atoms with van der Waals surface area (Å²) in [6, 6.07) is 14.4. The van der Waals surface area contributed by atoms with Crippen LogP contribution in [0.2, 0.25) is 10.0 Å². The third-order valence-electron chi connectivity index (χ3n) is 11.6. The van der Waals surface area contributed by atoms with E-state index in [1.165, 1.54) is 28.5 Å². The largest absolute Gasteiger partial charge is 0.477 e. The number of halogens is 2. The molecule has 2 aliphatic rings. The number of nitrogens with zero attached hydrogens (tertiary/aromatic N) is 6. The summed E-state index contributed by atoms with van der Waals surface area (Å²) in [5.74, 6) is -0.779. The van der Waals surface area contributed by atoms with Gasteiger partial charge in [-0.25, -0.2) is 28.2 Å². The average molecular weight is 1020 g/mol. The first kappa shape index (κ1) is 51.8. The fourth-order valence-corrected chi connectivity index (χ4v) is 9.00. The van der Waals surface area contributed by atoms with Crippen molar-refractivity contribution in [3.8, 4) is 0 Å². The number of carboxylic acid groups (broad SMARTS) is 1. The van der Waals surface area contributed by atoms with Gasteiger partial charge in [0.25, 0.3) is 11.1 Å². The highest BCUT2D eigenvalue weighted by atomic mass is 35.5. The molecule has 2 amide bonds. The van der Waals surface area contributed by atoms with Gasteiger partial charge in [-0.1, -0.05) is 59.6 Å². The van der Waals surface area contributed by atoms with Crippen LogP contribution >= 0.6 is 23.2 Å². The normalized spacial score (nSPS) is 16.2. The highest BCUT2D eigenvalue weighted by molar-refractivity contribution is 6.31. The van der Waals surface area contributed by atoms with Crippen molar-refractivity contribution in [3.05, 3.63) is 125 Å². The van der Waals surface area contributed by atoms with Crippen molar-refractivity contribution < 1.29 is 38.5 Å². The van der Waals surface area contributed by atoms with E-state index in [4.69, 9.17) is 42.5 Å². The Bertz CT molecular complexity index is 3080. The van der Waals surface area contributed by atoms with Crippen LogP contribution in [0.3, 0.4) is 0 Å². The molecule has 22 heteroatoms. The minimum Gasteiger partial charge on any atom is -0.477 e. The number of carbonyl (C=O) groups excluding carboxylic acids is 3. The molecule has 8 rings (SSSR count). The van der Waals surface area contributed by atoms with Crippen molar-refractivity contribution >= 4 is 70.0 Å². The molecule has 5 N–H and O–H groups in total. The number of alkyl carbamates (subject to hydrolysis) is 2. The lowest BCUT2D eigenvalue weighted by molar-refractivity contribution is 0.0488. The molecule has 20 nitrogen and oxygen atoms in total. The quantitative estimate of drug-likeness (QED) is 0.0685. The Balaban J connectivity index is 0.000000209. The van der Waals surface area contributed by atoms with Crippen LogP contribution in [0.4, 0.5) is 21.2 Å². The first-order valence-corrected chi connectivity index (χ1v) is 23.9. The van der Waals surface area contributed by atoms with Gasteiger partial charge >= 0.3 is 24.1 Å². The summed E-state index contributed by atoms with van der Waals surface area (Å²) in [6.45, 7) is 13.2. The van der Waals surface area contributed by atoms with Gasteiger partial charge in [0, 0.05) is 72.3 Å². The summed E-state index contributed by atoms with van der Waals surface area (Å²) in [4.78, 5) is 83.3. The van der Waals surface area contributed by atoms with Crippen LogP contribution in [0.1, 0.15) is 110 Å². The first-order valence-electron chi connectivity index (χ1n) is 23.1. The Morgan fingerprint density at radius 1 is 0.690 bits per heavy atom. The fraction of sp³-hybridized carbons (Fsp3) is 0.429. The second-order valence-electron chi connectivity index (χ2n) is 19.4. The van der Waals surface area contributed by atoms with Gasteiger partial charge in [0.1, 0.15) is 33.6 Å². The third kappa shape index (κ3) is 12.8. The number of aromatic carboxylic acids is 1. The maximum absolute atomic E-state index is 13.1. The lowest BCUT2D eigenvalue weighted by Gasteiger charge is -2.34. The number of aromatic amines is 2. The molecule has 0 radical (unpaired) electrons. The van der Waals surface area contributed by atoms with Gasteiger partial charge in [0.2, 0.25) is 0 Å². The van der Waals surface area contributed by atoms with E-state index in [1.54, 1.807) is 32.9 Å². The number of aromatic nitrogens is 6. The van der Waals surface area contributed by atoms with Gasteiger partial charge in [-0.15, -0.1) is 10.2 Å². The second kappa shape index (κ2) is 21.5. The van der Waals surface area contributed by atoms with Crippen LogP contribution in [0.15, 0.2) is 70.5 Å². The number of carbonyl (C=O) groups is 4. The number of piperidine rings is 2. The van der Waals surface area contributed by atoms with Crippen LogP contribution in [-0.2, 0) is 27.1 Å². The first-order chi connectivity index (χ1) is 33.6. The molecule has 6 aromatic rings. The molecule has 6 heterocycles. The molecule has 378 valence electrons. The number of rotatable bonds is 10. The van der Waals surface area contributed by atoms with Crippen molar-refractivity contribution in [1.82, 2.24) is 39.8 Å². The number of fused-ring (bicyclic) bond motifs is 2. The maximum atomic E-state index is 13.1. The molecule has 0 saturated carbocycles. The van der Waals surface area contributed by atoms with E-state index in [0.717, 1.165) is 36.8 Å². The van der Waals surface area contributed by atoms with Crippen LogP contribution in [-0.4, -0.2) is 115 Å². The second-order valence-corrected chi connectivity index (χ2v) is 20.2. The summed E-state index contributed by atoms with van der Waals surface area (Å²) in [6.07, 6.45) is 5.62. The molecule has 0 unspecified atom stereocenters. The molecule has 0 bridgehead atoms. The Morgan fingerprint density at radius 2 is 1.10 bits per heavy atom. The fourth-order valence-electron chi connectivity index (χ4n) is 8.60. The molecule has 2 aliphatic heterocycles. The van der Waals surface area contributed by atoms with Crippen LogP contribution < -0.4 is 31.6 Å². The number of carboxylic acids is 1. The van der Waals surface area contributed by atoms with Crippen molar-refractivity contribution in [2.45, 2.75) is 103 Å². The van der Waals surface area contributed by atoms with Crippen LogP contribution in [0.25, 0.3) is 11.0 Å². The number of anilines is 2. The van der Waals surface area contributed by atoms with Crippen molar-refractivity contribution in [3.63, 3.8) is 0 Å².